The van der Waals surface area contributed by atoms with Gasteiger partial charge in [-0.25, -0.2) is 9.97 Å². The van der Waals surface area contributed by atoms with Crippen LogP contribution in [0, 0.1) is 0 Å². The Labute approximate surface area is 143 Å². The minimum atomic E-state index is 0.360. The van der Waals surface area contributed by atoms with E-state index in [-0.39, 0.29) is 0 Å². The lowest BCUT2D eigenvalue weighted by Gasteiger charge is -2.24. The van der Waals surface area contributed by atoms with Crippen LogP contribution in [0.3, 0.4) is 0 Å². The normalized spacial score (nSPS) is 15.5. The largest absolute Gasteiger partial charge is 0.497 e. The van der Waals surface area contributed by atoms with E-state index in [2.05, 4.69) is 30.5 Å². The van der Waals surface area contributed by atoms with Crippen molar-refractivity contribution in [1.29, 1.82) is 0 Å². The Morgan fingerprint density at radius 2 is 1.83 bits per heavy atom. The summed E-state index contributed by atoms with van der Waals surface area (Å²) in [6, 6.07) is 10.5. The monoisotopic (exact) mass is 326 g/mol. The first-order valence-electron chi connectivity index (χ1n) is 8.66. The van der Waals surface area contributed by atoms with Crippen LogP contribution in [-0.2, 0) is 0 Å². The molecular weight excluding hydrogens is 300 g/mol. The van der Waals surface area contributed by atoms with Crippen molar-refractivity contribution in [2.24, 2.45) is 0 Å². The third-order valence-corrected chi connectivity index (χ3v) is 4.38. The lowest BCUT2D eigenvalue weighted by molar-refractivity contribution is 0.415. The molecule has 3 rings (SSSR count). The van der Waals surface area contributed by atoms with Crippen molar-refractivity contribution in [3.05, 3.63) is 36.0 Å². The molecule has 1 aliphatic rings. The Bertz CT molecular complexity index is 664. The molecule has 1 aromatic carbocycles. The van der Waals surface area contributed by atoms with Gasteiger partial charge in [0, 0.05) is 23.4 Å². The van der Waals surface area contributed by atoms with E-state index in [1.165, 1.54) is 0 Å². The first-order valence-corrected chi connectivity index (χ1v) is 8.66. The van der Waals surface area contributed by atoms with Crippen LogP contribution in [-0.4, -0.2) is 36.2 Å². The second kappa shape index (κ2) is 7.62. The average Bonchev–Trinajstić information content (AvgIpc) is 2.62. The van der Waals surface area contributed by atoms with E-state index in [4.69, 9.17) is 14.7 Å². The summed E-state index contributed by atoms with van der Waals surface area (Å²) in [5.74, 6) is 2.89. The van der Waals surface area contributed by atoms with Gasteiger partial charge in [-0.15, -0.1) is 0 Å². The summed E-state index contributed by atoms with van der Waals surface area (Å²) in [5.41, 5.74) is 2.07. The third-order valence-electron chi connectivity index (χ3n) is 4.38. The summed E-state index contributed by atoms with van der Waals surface area (Å²) in [5, 5.41) is 6.99. The standard InChI is InChI=1S/C19H26N4O/c1-13(2)17-12-18(21-15-8-10-20-11-9-15)23-19(22-17)14-4-6-16(24-3)7-5-14/h4-7,12-13,15,20H,8-11H2,1-3H3,(H,21,22,23). The molecule has 0 spiro atoms. The van der Waals surface area contributed by atoms with E-state index < -0.39 is 0 Å². The molecule has 5 heteroatoms. The van der Waals surface area contributed by atoms with Crippen LogP contribution >= 0.6 is 0 Å². The minimum Gasteiger partial charge on any atom is -0.497 e. The van der Waals surface area contributed by atoms with Crippen LogP contribution in [0.25, 0.3) is 11.4 Å². The number of anilines is 1. The average molecular weight is 326 g/mol. The molecule has 0 atom stereocenters. The molecule has 24 heavy (non-hydrogen) atoms. The smallest absolute Gasteiger partial charge is 0.161 e. The summed E-state index contributed by atoms with van der Waals surface area (Å²) in [7, 11) is 1.67. The topological polar surface area (TPSA) is 59.1 Å². The maximum atomic E-state index is 5.23. The lowest BCUT2D eigenvalue weighted by Crippen LogP contribution is -2.35. The molecule has 2 aromatic rings. The molecule has 2 N–H and O–H groups in total. The van der Waals surface area contributed by atoms with E-state index in [9.17, 15) is 0 Å². The van der Waals surface area contributed by atoms with Gasteiger partial charge in [-0.1, -0.05) is 13.8 Å². The van der Waals surface area contributed by atoms with Crippen molar-refractivity contribution in [2.75, 3.05) is 25.5 Å². The summed E-state index contributed by atoms with van der Waals surface area (Å²) >= 11 is 0. The third kappa shape index (κ3) is 4.03. The highest BCUT2D eigenvalue weighted by molar-refractivity contribution is 5.59. The summed E-state index contributed by atoms with van der Waals surface area (Å²) in [6.45, 7) is 6.44. The second-order valence-electron chi connectivity index (χ2n) is 6.55. The zero-order valence-electron chi connectivity index (χ0n) is 14.7. The van der Waals surface area contributed by atoms with Gasteiger partial charge in [0.25, 0.3) is 0 Å². The molecule has 0 amide bonds. The van der Waals surface area contributed by atoms with E-state index in [1.807, 2.05) is 24.3 Å². The number of ether oxygens (including phenoxy) is 1. The van der Waals surface area contributed by atoms with Gasteiger partial charge in [0.1, 0.15) is 11.6 Å². The number of nitrogens with one attached hydrogen (secondary N) is 2. The molecule has 0 bridgehead atoms. The maximum absolute atomic E-state index is 5.23. The molecule has 1 fully saturated rings. The first kappa shape index (κ1) is 16.7. The Morgan fingerprint density at radius 1 is 1.12 bits per heavy atom. The number of hydrogen-bond donors (Lipinski definition) is 2. The first-order chi connectivity index (χ1) is 11.7. The highest BCUT2D eigenvalue weighted by atomic mass is 16.5. The molecule has 1 aliphatic heterocycles. The van der Waals surface area contributed by atoms with Crippen LogP contribution in [0.5, 0.6) is 5.75 Å². The van der Waals surface area contributed by atoms with Gasteiger partial charge in [0.15, 0.2) is 5.82 Å². The Morgan fingerprint density at radius 3 is 2.46 bits per heavy atom. The molecule has 5 nitrogen and oxygen atoms in total. The molecule has 1 saturated heterocycles. The Balaban J connectivity index is 1.89. The fraction of sp³-hybridized carbons (Fsp3) is 0.474. The quantitative estimate of drug-likeness (QED) is 0.881. The molecule has 0 radical (unpaired) electrons. The minimum absolute atomic E-state index is 0.360. The predicted molar refractivity (Wildman–Crippen MR) is 97.6 cm³/mol. The van der Waals surface area contributed by atoms with E-state index in [0.29, 0.717) is 12.0 Å². The van der Waals surface area contributed by atoms with E-state index >= 15 is 0 Å². The van der Waals surface area contributed by atoms with Gasteiger partial charge in [0.05, 0.1) is 7.11 Å². The van der Waals surface area contributed by atoms with Crippen molar-refractivity contribution < 1.29 is 4.74 Å². The fourth-order valence-electron chi connectivity index (χ4n) is 2.88. The van der Waals surface area contributed by atoms with Gasteiger partial charge in [-0.2, -0.15) is 0 Å². The number of benzene rings is 1. The molecule has 1 aromatic heterocycles. The molecule has 0 saturated carbocycles. The number of rotatable bonds is 5. The van der Waals surface area contributed by atoms with Crippen LogP contribution in [0.15, 0.2) is 30.3 Å². The van der Waals surface area contributed by atoms with Crippen molar-refractivity contribution in [1.82, 2.24) is 15.3 Å². The summed E-state index contributed by atoms with van der Waals surface area (Å²) in [4.78, 5) is 9.50. The summed E-state index contributed by atoms with van der Waals surface area (Å²) < 4.78 is 5.23. The summed E-state index contributed by atoms with van der Waals surface area (Å²) in [6.07, 6.45) is 2.25. The molecule has 0 unspecified atom stereocenters. The second-order valence-corrected chi connectivity index (χ2v) is 6.55. The maximum Gasteiger partial charge on any atom is 0.161 e. The van der Waals surface area contributed by atoms with Crippen molar-refractivity contribution in [2.45, 2.75) is 38.6 Å². The fourth-order valence-corrected chi connectivity index (χ4v) is 2.88. The lowest BCUT2D eigenvalue weighted by atomic mass is 10.1. The van der Waals surface area contributed by atoms with Crippen molar-refractivity contribution in [3.63, 3.8) is 0 Å². The van der Waals surface area contributed by atoms with Crippen LogP contribution < -0.4 is 15.4 Å². The van der Waals surface area contributed by atoms with Gasteiger partial charge in [-0.05, 0) is 56.1 Å². The molecule has 128 valence electrons. The zero-order chi connectivity index (χ0) is 16.9. The van der Waals surface area contributed by atoms with E-state index in [0.717, 1.165) is 54.6 Å². The zero-order valence-corrected chi connectivity index (χ0v) is 14.7. The highest BCUT2D eigenvalue weighted by Gasteiger charge is 2.15. The predicted octanol–water partition coefficient (Wildman–Crippen LogP) is 3.44. The SMILES string of the molecule is COc1ccc(-c2nc(NC3CCNCC3)cc(C(C)C)n2)cc1. The number of nitrogens with zero attached hydrogens (tertiary/aromatic N) is 2. The number of aromatic nitrogens is 2. The van der Waals surface area contributed by atoms with Crippen LogP contribution in [0.4, 0.5) is 5.82 Å². The number of methoxy groups -OCH3 is 1. The van der Waals surface area contributed by atoms with Crippen LogP contribution in [0.2, 0.25) is 0 Å². The Hall–Kier alpha value is -2.14. The van der Waals surface area contributed by atoms with Gasteiger partial charge >= 0.3 is 0 Å². The van der Waals surface area contributed by atoms with Gasteiger partial charge < -0.3 is 15.4 Å². The highest BCUT2D eigenvalue weighted by Crippen LogP contribution is 2.24. The molecule has 2 heterocycles. The van der Waals surface area contributed by atoms with E-state index in [1.54, 1.807) is 7.11 Å². The van der Waals surface area contributed by atoms with Gasteiger partial charge in [0.2, 0.25) is 0 Å². The number of piperidine rings is 1. The van der Waals surface area contributed by atoms with Crippen molar-refractivity contribution >= 4 is 5.82 Å². The number of hydrogen-bond acceptors (Lipinski definition) is 5. The van der Waals surface area contributed by atoms with Crippen molar-refractivity contribution in [3.8, 4) is 17.1 Å². The molecule has 0 aliphatic carbocycles. The van der Waals surface area contributed by atoms with Crippen LogP contribution in [0.1, 0.15) is 38.3 Å². The molecular formula is C19H26N4O. The Kier molecular flexibility index (Phi) is 5.30. The van der Waals surface area contributed by atoms with Gasteiger partial charge in [-0.3, -0.25) is 0 Å².